The van der Waals surface area contributed by atoms with Gasteiger partial charge in [0.05, 0.1) is 11.4 Å². The van der Waals surface area contributed by atoms with E-state index in [1.807, 2.05) is 24.8 Å². The number of amides is 1. The van der Waals surface area contributed by atoms with Crippen molar-refractivity contribution in [2.24, 2.45) is 0 Å². The van der Waals surface area contributed by atoms with Gasteiger partial charge in [0.15, 0.2) is 10.9 Å². The van der Waals surface area contributed by atoms with Gasteiger partial charge in [0, 0.05) is 40.3 Å². The molecule has 10 heteroatoms. The van der Waals surface area contributed by atoms with Gasteiger partial charge in [-0.05, 0) is 51.0 Å². The molecular formula is C20H20Cl2N6OS. The van der Waals surface area contributed by atoms with Crippen molar-refractivity contribution in [2.75, 3.05) is 13.1 Å². The van der Waals surface area contributed by atoms with Gasteiger partial charge in [-0.25, -0.2) is 14.6 Å². The Hall–Kier alpha value is -2.16. The summed E-state index contributed by atoms with van der Waals surface area (Å²) in [5, 5.41) is 10.1. The normalized spacial score (nSPS) is 13.8. The zero-order chi connectivity index (χ0) is 21.3. The third-order valence-electron chi connectivity index (χ3n) is 4.75. The summed E-state index contributed by atoms with van der Waals surface area (Å²) < 4.78 is 1.62. The van der Waals surface area contributed by atoms with Crippen LogP contribution in [0.4, 0.5) is 0 Å². The Bertz CT molecular complexity index is 1060. The lowest BCUT2D eigenvalue weighted by Gasteiger charge is -2.15. The molecule has 2 aromatic heterocycles. The second-order valence-electron chi connectivity index (χ2n) is 7.15. The number of nitrogens with zero attached hydrogens (tertiary/aromatic N) is 6. The minimum Gasteiger partial charge on any atom is -0.337 e. The zero-order valence-corrected chi connectivity index (χ0v) is 18.9. The van der Waals surface area contributed by atoms with Crippen molar-refractivity contribution < 1.29 is 4.79 Å². The summed E-state index contributed by atoms with van der Waals surface area (Å²) in [7, 11) is 0. The largest absolute Gasteiger partial charge is 0.337 e. The third-order valence-corrected chi connectivity index (χ3v) is 6.05. The van der Waals surface area contributed by atoms with Gasteiger partial charge < -0.3 is 4.90 Å². The smallest absolute Gasteiger partial charge is 0.276 e. The molecule has 0 saturated carbocycles. The maximum absolute atomic E-state index is 13.1. The summed E-state index contributed by atoms with van der Waals surface area (Å²) >= 11 is 13.8. The highest BCUT2D eigenvalue weighted by Crippen LogP contribution is 2.27. The first-order valence-corrected chi connectivity index (χ1v) is 11.3. The number of carbonyl (C=O) groups is 1. The van der Waals surface area contributed by atoms with Crippen molar-refractivity contribution >= 4 is 40.9 Å². The number of hydrogen-bond acceptors (Lipinski definition) is 6. The van der Waals surface area contributed by atoms with Crippen molar-refractivity contribution in [2.45, 2.75) is 37.6 Å². The standard InChI is InChI=1S/C20H20Cl2N6OS/c1-12-7-13(2)24-20(23-12)30-11-17-18(19(29)27-5-3-4-6-27)25-26-28(17)16-9-14(21)8-15(22)10-16/h7-10H,3-6,11H2,1-2H3. The minimum absolute atomic E-state index is 0.108. The predicted octanol–water partition coefficient (Wildman–Crippen LogP) is 4.51. The number of aromatic nitrogens is 5. The van der Waals surface area contributed by atoms with Crippen LogP contribution in [-0.2, 0) is 5.75 Å². The minimum atomic E-state index is -0.108. The van der Waals surface area contributed by atoms with Crippen LogP contribution in [0.3, 0.4) is 0 Å². The molecule has 0 unspecified atom stereocenters. The van der Waals surface area contributed by atoms with Gasteiger partial charge in [0.1, 0.15) is 0 Å². The molecule has 1 aliphatic rings. The molecule has 0 aliphatic carbocycles. The highest BCUT2D eigenvalue weighted by atomic mass is 35.5. The maximum atomic E-state index is 13.1. The molecule has 156 valence electrons. The van der Waals surface area contributed by atoms with Crippen LogP contribution in [-0.4, -0.2) is 48.9 Å². The Balaban J connectivity index is 1.72. The van der Waals surface area contributed by atoms with Gasteiger partial charge in [-0.2, -0.15) is 0 Å². The predicted molar refractivity (Wildman–Crippen MR) is 118 cm³/mol. The Kier molecular flexibility index (Phi) is 6.26. The first kappa shape index (κ1) is 21.1. The van der Waals surface area contributed by atoms with Gasteiger partial charge >= 0.3 is 0 Å². The van der Waals surface area contributed by atoms with Crippen LogP contribution in [0.5, 0.6) is 0 Å². The first-order chi connectivity index (χ1) is 14.4. The topological polar surface area (TPSA) is 76.8 Å². The lowest BCUT2D eigenvalue weighted by atomic mass is 10.2. The summed E-state index contributed by atoms with van der Waals surface area (Å²) in [6.07, 6.45) is 2.01. The van der Waals surface area contributed by atoms with Crippen LogP contribution >= 0.6 is 35.0 Å². The molecule has 7 nitrogen and oxygen atoms in total. The van der Waals surface area contributed by atoms with Crippen LogP contribution in [0, 0.1) is 13.8 Å². The van der Waals surface area contributed by atoms with Gasteiger partial charge in [0.25, 0.3) is 5.91 Å². The van der Waals surface area contributed by atoms with Crippen LogP contribution in [0.2, 0.25) is 10.0 Å². The van der Waals surface area contributed by atoms with Crippen molar-refractivity contribution in [3.8, 4) is 5.69 Å². The van der Waals surface area contributed by atoms with Gasteiger partial charge in [-0.1, -0.05) is 40.2 Å². The summed E-state index contributed by atoms with van der Waals surface area (Å²) in [6.45, 7) is 5.34. The third kappa shape index (κ3) is 4.61. The molecule has 1 aromatic carbocycles. The summed E-state index contributed by atoms with van der Waals surface area (Å²) in [4.78, 5) is 23.9. The van der Waals surface area contributed by atoms with E-state index in [0.29, 0.717) is 38.0 Å². The molecule has 30 heavy (non-hydrogen) atoms. The van der Waals surface area contributed by atoms with Gasteiger partial charge in [-0.3, -0.25) is 4.79 Å². The molecule has 0 bridgehead atoms. The van der Waals surface area contributed by atoms with Crippen LogP contribution in [0.25, 0.3) is 5.69 Å². The molecule has 0 atom stereocenters. The first-order valence-electron chi connectivity index (χ1n) is 9.56. The number of rotatable bonds is 5. The Morgan fingerprint density at radius 3 is 2.30 bits per heavy atom. The molecule has 1 amide bonds. The molecule has 0 spiro atoms. The van der Waals surface area contributed by atoms with Crippen LogP contribution < -0.4 is 0 Å². The lowest BCUT2D eigenvalue weighted by molar-refractivity contribution is 0.0786. The second kappa shape index (κ2) is 8.91. The Morgan fingerprint density at radius 2 is 1.67 bits per heavy atom. The van der Waals surface area contributed by atoms with Gasteiger partial charge in [0.2, 0.25) is 0 Å². The number of likely N-dealkylation sites (tertiary alicyclic amines) is 1. The van der Waals surface area contributed by atoms with Crippen molar-refractivity contribution in [1.82, 2.24) is 29.9 Å². The number of benzene rings is 1. The molecule has 1 aliphatic heterocycles. The van der Waals surface area contributed by atoms with Crippen molar-refractivity contribution in [3.05, 3.63) is 57.1 Å². The van der Waals surface area contributed by atoms with Crippen LogP contribution in [0.15, 0.2) is 29.4 Å². The van der Waals surface area contributed by atoms with E-state index >= 15 is 0 Å². The zero-order valence-electron chi connectivity index (χ0n) is 16.6. The molecular weight excluding hydrogens is 443 g/mol. The molecule has 4 rings (SSSR count). The fourth-order valence-corrected chi connectivity index (χ4v) is 4.88. The fourth-order valence-electron chi connectivity index (χ4n) is 3.43. The highest BCUT2D eigenvalue weighted by Gasteiger charge is 2.27. The number of aryl methyl sites for hydroxylation is 2. The number of thioether (sulfide) groups is 1. The Labute approximate surface area is 188 Å². The van der Waals surface area contributed by atoms with Gasteiger partial charge in [-0.15, -0.1) is 5.10 Å². The van der Waals surface area contributed by atoms with E-state index in [1.165, 1.54) is 11.8 Å². The Morgan fingerprint density at radius 1 is 1.03 bits per heavy atom. The van der Waals surface area contributed by atoms with Crippen molar-refractivity contribution in [1.29, 1.82) is 0 Å². The lowest BCUT2D eigenvalue weighted by Crippen LogP contribution is -2.28. The van der Waals surface area contributed by atoms with E-state index in [-0.39, 0.29) is 5.91 Å². The van der Waals surface area contributed by atoms with E-state index in [2.05, 4.69) is 20.3 Å². The molecule has 1 fully saturated rings. The summed E-state index contributed by atoms with van der Waals surface area (Å²) in [5.41, 5.74) is 3.44. The summed E-state index contributed by atoms with van der Waals surface area (Å²) in [6, 6.07) is 7.06. The monoisotopic (exact) mass is 462 g/mol. The fraction of sp³-hybridized carbons (Fsp3) is 0.350. The molecule has 3 aromatic rings. The van der Waals surface area contributed by atoms with E-state index < -0.39 is 0 Å². The number of halogens is 2. The van der Waals surface area contributed by atoms with E-state index in [4.69, 9.17) is 23.2 Å². The highest BCUT2D eigenvalue weighted by molar-refractivity contribution is 7.98. The maximum Gasteiger partial charge on any atom is 0.276 e. The molecule has 0 N–H and O–H groups in total. The average molecular weight is 463 g/mol. The second-order valence-corrected chi connectivity index (χ2v) is 8.96. The van der Waals surface area contributed by atoms with E-state index in [9.17, 15) is 4.79 Å². The molecule has 1 saturated heterocycles. The van der Waals surface area contributed by atoms with Crippen molar-refractivity contribution in [3.63, 3.8) is 0 Å². The number of carbonyl (C=O) groups excluding carboxylic acids is 1. The molecule has 0 radical (unpaired) electrons. The average Bonchev–Trinajstić information content (AvgIpc) is 3.34. The summed E-state index contributed by atoms with van der Waals surface area (Å²) in [5.74, 6) is 0.318. The van der Waals surface area contributed by atoms with E-state index in [0.717, 1.165) is 37.3 Å². The quantitative estimate of drug-likeness (QED) is 0.410. The number of hydrogen-bond donors (Lipinski definition) is 0. The molecule has 3 heterocycles. The van der Waals surface area contributed by atoms with E-state index in [1.54, 1.807) is 22.9 Å². The SMILES string of the molecule is Cc1cc(C)nc(SCc2c(C(=O)N3CCCC3)nnn2-c2cc(Cl)cc(Cl)c2)n1. The van der Waals surface area contributed by atoms with Crippen LogP contribution in [0.1, 0.15) is 40.4 Å².